The number of Topliss-reactive ketones (excluding diaryl/α,β-unsaturated/α-hetero) is 2. The van der Waals surface area contributed by atoms with E-state index >= 15 is 0 Å². The summed E-state index contributed by atoms with van der Waals surface area (Å²) in [4.78, 5) is 25.2. The minimum atomic E-state index is -0.638. The molecule has 6 nitrogen and oxygen atoms in total. The number of hydrogen-bond acceptors (Lipinski definition) is 6. The predicted octanol–water partition coefficient (Wildman–Crippen LogP) is 3.57. The summed E-state index contributed by atoms with van der Waals surface area (Å²) in [5.41, 5.74) is 0.459. The summed E-state index contributed by atoms with van der Waals surface area (Å²) in [5, 5.41) is 0. The molecule has 0 saturated heterocycles. The highest BCUT2D eigenvalue weighted by molar-refractivity contribution is 6.49. The average Bonchev–Trinajstić information content (AvgIpc) is 2.67. The maximum Gasteiger partial charge on any atom is 0.233 e. The summed E-state index contributed by atoms with van der Waals surface area (Å²) in [6.45, 7) is 4.48. The fraction of sp³-hybridized carbons (Fsp3) is 0.300. The van der Waals surface area contributed by atoms with Crippen molar-refractivity contribution in [2.75, 3.05) is 27.4 Å². The maximum atomic E-state index is 12.6. The van der Waals surface area contributed by atoms with Gasteiger partial charge >= 0.3 is 0 Å². The van der Waals surface area contributed by atoms with E-state index in [1.807, 2.05) is 13.8 Å². The fourth-order valence-electron chi connectivity index (χ4n) is 2.43. The summed E-state index contributed by atoms with van der Waals surface area (Å²) in [5.74, 6) is 0.553. The lowest BCUT2D eigenvalue weighted by Crippen LogP contribution is -2.15. The van der Waals surface area contributed by atoms with Crippen LogP contribution in [0, 0.1) is 0 Å². The molecule has 0 N–H and O–H groups in total. The number of carbonyl (C=O) groups excluding carboxylic acids is 2. The first-order valence-electron chi connectivity index (χ1n) is 8.26. The Hall–Kier alpha value is -3.02. The van der Waals surface area contributed by atoms with Gasteiger partial charge in [-0.3, -0.25) is 9.59 Å². The van der Waals surface area contributed by atoms with Crippen LogP contribution in [0.25, 0.3) is 0 Å². The lowest BCUT2D eigenvalue weighted by Gasteiger charge is -2.12. The molecule has 0 aliphatic heterocycles. The van der Waals surface area contributed by atoms with Crippen LogP contribution in [0.3, 0.4) is 0 Å². The van der Waals surface area contributed by atoms with Crippen LogP contribution in [0.4, 0.5) is 0 Å². The van der Waals surface area contributed by atoms with Crippen LogP contribution in [0.15, 0.2) is 36.4 Å². The van der Waals surface area contributed by atoms with E-state index < -0.39 is 11.6 Å². The number of benzene rings is 2. The molecular formula is C20H22O6. The molecule has 0 saturated carbocycles. The molecule has 0 aliphatic carbocycles. The van der Waals surface area contributed by atoms with Gasteiger partial charge in [-0.25, -0.2) is 0 Å². The number of rotatable bonds is 9. The fourth-order valence-corrected chi connectivity index (χ4v) is 2.43. The molecule has 0 radical (unpaired) electrons. The van der Waals surface area contributed by atoms with Crippen molar-refractivity contribution < 1.29 is 28.5 Å². The molecule has 2 aromatic carbocycles. The molecule has 138 valence electrons. The van der Waals surface area contributed by atoms with E-state index in [1.165, 1.54) is 38.5 Å². The molecule has 2 rings (SSSR count). The predicted molar refractivity (Wildman–Crippen MR) is 97.0 cm³/mol. The van der Waals surface area contributed by atoms with Gasteiger partial charge in [-0.15, -0.1) is 0 Å². The van der Waals surface area contributed by atoms with E-state index in [1.54, 1.807) is 12.1 Å². The van der Waals surface area contributed by atoms with Gasteiger partial charge in [-0.2, -0.15) is 0 Å². The summed E-state index contributed by atoms with van der Waals surface area (Å²) >= 11 is 0. The van der Waals surface area contributed by atoms with E-state index in [9.17, 15) is 9.59 Å². The number of carbonyl (C=O) groups is 2. The number of methoxy groups -OCH3 is 2. The second kappa shape index (κ2) is 8.89. The van der Waals surface area contributed by atoms with E-state index in [4.69, 9.17) is 18.9 Å². The lowest BCUT2D eigenvalue weighted by molar-refractivity contribution is 0.0816. The van der Waals surface area contributed by atoms with Crippen LogP contribution in [-0.2, 0) is 0 Å². The quantitative estimate of drug-likeness (QED) is 0.504. The van der Waals surface area contributed by atoms with Crippen molar-refractivity contribution in [1.29, 1.82) is 0 Å². The van der Waals surface area contributed by atoms with Gasteiger partial charge in [-0.05, 0) is 50.2 Å². The zero-order valence-corrected chi connectivity index (χ0v) is 15.3. The molecule has 26 heavy (non-hydrogen) atoms. The Balaban J connectivity index is 2.33. The Morgan fingerprint density at radius 3 is 1.38 bits per heavy atom. The third-order valence-corrected chi connectivity index (χ3v) is 3.66. The average molecular weight is 358 g/mol. The molecule has 0 atom stereocenters. The first-order chi connectivity index (χ1) is 12.5. The second-order valence-electron chi connectivity index (χ2n) is 5.26. The van der Waals surface area contributed by atoms with E-state index in [0.29, 0.717) is 36.2 Å². The molecule has 0 aliphatic rings. The van der Waals surface area contributed by atoms with Gasteiger partial charge in [0.1, 0.15) is 0 Å². The number of ether oxygens (including phenoxy) is 4. The van der Waals surface area contributed by atoms with Gasteiger partial charge in [-0.1, -0.05) is 0 Å². The van der Waals surface area contributed by atoms with Crippen LogP contribution in [0.2, 0.25) is 0 Å². The standard InChI is InChI=1S/C20H22O6/c1-5-25-17-11-13(7-9-15(17)23-3)19(21)20(22)14-8-10-16(24-4)18(12-14)26-6-2/h7-12H,5-6H2,1-4H3. The van der Waals surface area contributed by atoms with Crippen LogP contribution >= 0.6 is 0 Å². The van der Waals surface area contributed by atoms with Gasteiger partial charge in [0.15, 0.2) is 23.0 Å². The maximum absolute atomic E-state index is 12.6. The van der Waals surface area contributed by atoms with E-state index in [0.717, 1.165) is 0 Å². The molecule has 0 spiro atoms. The van der Waals surface area contributed by atoms with E-state index in [-0.39, 0.29) is 11.1 Å². The Bertz CT molecular complexity index is 729. The number of hydrogen-bond donors (Lipinski definition) is 0. The minimum Gasteiger partial charge on any atom is -0.493 e. The SMILES string of the molecule is CCOc1cc(C(=O)C(=O)c2ccc(OC)c(OCC)c2)ccc1OC. The van der Waals surface area contributed by atoms with Crippen LogP contribution in [0.5, 0.6) is 23.0 Å². The monoisotopic (exact) mass is 358 g/mol. The number of ketones is 2. The van der Waals surface area contributed by atoms with Crippen molar-refractivity contribution in [3.63, 3.8) is 0 Å². The van der Waals surface area contributed by atoms with Gasteiger partial charge in [0.05, 0.1) is 27.4 Å². The topological polar surface area (TPSA) is 71.1 Å². The van der Waals surface area contributed by atoms with Crippen molar-refractivity contribution >= 4 is 11.6 Å². The summed E-state index contributed by atoms with van der Waals surface area (Å²) in [6.07, 6.45) is 0. The first kappa shape index (κ1) is 19.3. The van der Waals surface area contributed by atoms with Crippen molar-refractivity contribution in [1.82, 2.24) is 0 Å². The molecule has 0 heterocycles. The smallest absolute Gasteiger partial charge is 0.233 e. The highest BCUT2D eigenvalue weighted by Crippen LogP contribution is 2.30. The largest absolute Gasteiger partial charge is 0.493 e. The third kappa shape index (κ3) is 4.14. The molecule has 6 heteroatoms. The first-order valence-corrected chi connectivity index (χ1v) is 8.26. The Kier molecular flexibility index (Phi) is 6.60. The van der Waals surface area contributed by atoms with Crippen LogP contribution < -0.4 is 18.9 Å². The molecule has 0 amide bonds. The van der Waals surface area contributed by atoms with Gasteiger partial charge in [0, 0.05) is 11.1 Å². The highest BCUT2D eigenvalue weighted by atomic mass is 16.5. The van der Waals surface area contributed by atoms with Gasteiger partial charge in [0.25, 0.3) is 0 Å². The van der Waals surface area contributed by atoms with Crippen LogP contribution in [0.1, 0.15) is 34.6 Å². The Morgan fingerprint density at radius 1 is 0.692 bits per heavy atom. The third-order valence-electron chi connectivity index (χ3n) is 3.66. The molecule has 0 bridgehead atoms. The summed E-state index contributed by atoms with van der Waals surface area (Å²) in [7, 11) is 3.02. The van der Waals surface area contributed by atoms with Crippen molar-refractivity contribution in [3.8, 4) is 23.0 Å². The highest BCUT2D eigenvalue weighted by Gasteiger charge is 2.21. The van der Waals surface area contributed by atoms with Crippen molar-refractivity contribution in [2.24, 2.45) is 0 Å². The lowest BCUT2D eigenvalue weighted by atomic mass is 10.0. The zero-order chi connectivity index (χ0) is 19.1. The Labute approximate surface area is 152 Å². The molecule has 0 aromatic heterocycles. The minimum absolute atomic E-state index is 0.230. The van der Waals surface area contributed by atoms with Gasteiger partial charge in [0.2, 0.25) is 11.6 Å². The molecule has 2 aromatic rings. The summed E-state index contributed by atoms with van der Waals surface area (Å²) < 4.78 is 21.3. The normalized spacial score (nSPS) is 10.2. The van der Waals surface area contributed by atoms with Crippen molar-refractivity contribution in [2.45, 2.75) is 13.8 Å². The van der Waals surface area contributed by atoms with Crippen LogP contribution in [-0.4, -0.2) is 39.0 Å². The van der Waals surface area contributed by atoms with Crippen molar-refractivity contribution in [3.05, 3.63) is 47.5 Å². The summed E-state index contributed by atoms with van der Waals surface area (Å²) in [6, 6.07) is 9.30. The molecule has 0 unspecified atom stereocenters. The Morgan fingerprint density at radius 2 is 1.08 bits per heavy atom. The molecule has 0 fully saturated rings. The second-order valence-corrected chi connectivity index (χ2v) is 5.26. The van der Waals surface area contributed by atoms with Gasteiger partial charge < -0.3 is 18.9 Å². The molecular weight excluding hydrogens is 336 g/mol. The van der Waals surface area contributed by atoms with E-state index in [2.05, 4.69) is 0 Å². The zero-order valence-electron chi connectivity index (χ0n) is 15.3.